The quantitative estimate of drug-likeness (QED) is 0.414. The van der Waals surface area contributed by atoms with Crippen LogP contribution in [-0.4, -0.2) is 61.8 Å². The van der Waals surface area contributed by atoms with Crippen molar-refractivity contribution in [2.24, 2.45) is 4.99 Å². The maximum Gasteiger partial charge on any atom is 0.338 e. The number of aliphatic imine (C=N–C) groups is 1. The highest BCUT2D eigenvalue weighted by Gasteiger charge is 2.44. The number of para-hydroxylation sites is 1. The predicted octanol–water partition coefficient (Wildman–Crippen LogP) is 4.41. The number of carbonyl (C=O) groups excluding carboxylic acids is 4. The number of esters is 2. The molecule has 0 radical (unpaired) electrons. The van der Waals surface area contributed by atoms with Crippen molar-refractivity contribution < 1.29 is 38.1 Å². The number of amides is 2. The summed E-state index contributed by atoms with van der Waals surface area (Å²) in [5.41, 5.74) is 1.72. The lowest BCUT2D eigenvalue weighted by Crippen LogP contribution is -2.45. The number of methoxy groups -OCH3 is 3. The second kappa shape index (κ2) is 13.5. The van der Waals surface area contributed by atoms with Gasteiger partial charge in [0.25, 0.3) is 11.8 Å². The summed E-state index contributed by atoms with van der Waals surface area (Å²) >= 11 is 0.983. The third-order valence-electron chi connectivity index (χ3n) is 6.10. The minimum atomic E-state index is -0.955. The van der Waals surface area contributed by atoms with Crippen LogP contribution in [0.3, 0.4) is 0 Å². The zero-order chi connectivity index (χ0) is 29.0. The highest BCUT2D eigenvalue weighted by atomic mass is 79.9. The smallest absolute Gasteiger partial charge is 0.338 e. The lowest BCUT2D eigenvalue weighted by atomic mass is 9.93. The molecule has 0 fully saturated rings. The second-order valence-corrected chi connectivity index (χ2v) is 9.45. The Bertz CT molecular complexity index is 1470. The van der Waals surface area contributed by atoms with E-state index in [0.717, 1.165) is 11.8 Å². The van der Waals surface area contributed by atoms with E-state index in [1.165, 1.54) is 44.4 Å². The summed E-state index contributed by atoms with van der Waals surface area (Å²) in [6.07, 6.45) is 1.19. The average Bonchev–Trinajstić information content (AvgIpc) is 2.95. The van der Waals surface area contributed by atoms with E-state index in [1.54, 1.807) is 44.2 Å². The molecule has 13 heteroatoms. The van der Waals surface area contributed by atoms with E-state index in [-0.39, 0.29) is 39.2 Å². The van der Waals surface area contributed by atoms with Gasteiger partial charge in [-0.05, 0) is 55.9 Å². The van der Waals surface area contributed by atoms with Gasteiger partial charge in [-0.2, -0.15) is 0 Å². The number of fused-ring (bicyclic) bond motifs is 1. The number of amidine groups is 1. The Hall–Kier alpha value is -4.10. The minimum absolute atomic E-state index is 0. The van der Waals surface area contributed by atoms with Crippen LogP contribution in [0, 0.1) is 0 Å². The molecule has 1 N–H and O–H groups in total. The fraction of sp³-hybridized carbons (Fsp3) is 0.250. The molecular formula is C28H28BrN3O8S. The van der Waals surface area contributed by atoms with Crippen molar-refractivity contribution in [2.75, 3.05) is 33.3 Å². The first-order chi connectivity index (χ1) is 19.2. The van der Waals surface area contributed by atoms with Crippen LogP contribution in [0.5, 0.6) is 11.5 Å². The van der Waals surface area contributed by atoms with Crippen LogP contribution in [0.4, 0.5) is 5.69 Å². The number of carbonyl (C=O) groups is 4. The fourth-order valence-electron chi connectivity index (χ4n) is 4.30. The third kappa shape index (κ3) is 6.30. The third-order valence-corrected chi connectivity index (χ3v) is 7.09. The molecule has 2 aliphatic heterocycles. The summed E-state index contributed by atoms with van der Waals surface area (Å²) in [6, 6.07) is 10.3. The molecule has 0 spiro atoms. The molecule has 2 aromatic rings. The Labute approximate surface area is 251 Å². The van der Waals surface area contributed by atoms with Gasteiger partial charge in [-0.15, -0.1) is 17.0 Å². The summed E-state index contributed by atoms with van der Waals surface area (Å²) in [6.45, 7) is 3.45. The number of nitrogens with zero attached hydrogens (tertiary/aromatic N) is 2. The number of halogens is 1. The van der Waals surface area contributed by atoms with Gasteiger partial charge in [0.1, 0.15) is 6.04 Å². The van der Waals surface area contributed by atoms with E-state index in [0.29, 0.717) is 34.0 Å². The van der Waals surface area contributed by atoms with Crippen LogP contribution in [0.1, 0.15) is 35.8 Å². The first kappa shape index (κ1) is 31.4. The highest BCUT2D eigenvalue weighted by molar-refractivity contribution is 8.93. The molecule has 0 aliphatic carbocycles. The summed E-state index contributed by atoms with van der Waals surface area (Å²) in [4.78, 5) is 57.4. The molecule has 1 atom stereocenters. The summed E-state index contributed by atoms with van der Waals surface area (Å²) in [5.74, 6) is -1.48. The van der Waals surface area contributed by atoms with Crippen molar-refractivity contribution in [1.29, 1.82) is 0 Å². The molecule has 11 nitrogen and oxygen atoms in total. The Morgan fingerprint density at radius 2 is 1.73 bits per heavy atom. The molecule has 216 valence electrons. The second-order valence-electron chi connectivity index (χ2n) is 8.44. The van der Waals surface area contributed by atoms with Gasteiger partial charge in [0.05, 0.1) is 49.7 Å². The van der Waals surface area contributed by atoms with Crippen molar-refractivity contribution in [3.05, 3.63) is 75.8 Å². The van der Waals surface area contributed by atoms with E-state index in [4.69, 9.17) is 14.2 Å². The van der Waals surface area contributed by atoms with Crippen molar-refractivity contribution in [3.63, 3.8) is 0 Å². The van der Waals surface area contributed by atoms with Gasteiger partial charge in [0, 0.05) is 17.3 Å². The largest absolute Gasteiger partial charge is 0.493 e. The van der Waals surface area contributed by atoms with Gasteiger partial charge in [-0.1, -0.05) is 12.1 Å². The number of allylic oxidation sites excluding steroid dienone is 1. The number of ether oxygens (including phenoxy) is 4. The molecule has 0 aromatic heterocycles. The summed E-state index contributed by atoms with van der Waals surface area (Å²) < 4.78 is 21.1. The minimum Gasteiger partial charge on any atom is -0.493 e. The standard InChI is InChI=1S/C28H27N3O8S.BrH/c1-6-39-27(35)22-15(2)29-28-31(23(22)18-8-7-9-19(36-3)24(18)37-4)21(32)14-20(40-28)25(33)30-17-12-10-16(11-13-17)26(34)38-5;/h7-14,23H,6H2,1-5H3,(H,30,33);1H. The first-order valence-corrected chi connectivity index (χ1v) is 13.0. The van der Waals surface area contributed by atoms with Gasteiger partial charge < -0.3 is 24.3 Å². The van der Waals surface area contributed by atoms with Gasteiger partial charge in [-0.25, -0.2) is 14.6 Å². The van der Waals surface area contributed by atoms with E-state index in [2.05, 4.69) is 15.0 Å². The zero-order valence-electron chi connectivity index (χ0n) is 22.9. The molecule has 0 bridgehead atoms. The van der Waals surface area contributed by atoms with Crippen molar-refractivity contribution in [2.45, 2.75) is 19.9 Å². The number of hydrogen-bond acceptors (Lipinski definition) is 10. The maximum atomic E-state index is 13.6. The molecule has 1 unspecified atom stereocenters. The summed E-state index contributed by atoms with van der Waals surface area (Å²) in [5, 5.41) is 2.92. The first-order valence-electron chi connectivity index (χ1n) is 12.1. The van der Waals surface area contributed by atoms with E-state index < -0.39 is 29.8 Å². The predicted molar refractivity (Wildman–Crippen MR) is 158 cm³/mol. The number of rotatable bonds is 8. The van der Waals surface area contributed by atoms with Crippen LogP contribution in [-0.2, 0) is 23.9 Å². The summed E-state index contributed by atoms with van der Waals surface area (Å²) in [7, 11) is 4.23. The van der Waals surface area contributed by atoms with Gasteiger partial charge >= 0.3 is 11.9 Å². The molecule has 2 amide bonds. The number of thioether (sulfide) groups is 1. The maximum absolute atomic E-state index is 13.6. The molecular weight excluding hydrogens is 618 g/mol. The number of anilines is 1. The molecule has 2 aliphatic rings. The van der Waals surface area contributed by atoms with Gasteiger partial charge in [0.2, 0.25) is 0 Å². The van der Waals surface area contributed by atoms with E-state index >= 15 is 0 Å². The van der Waals surface area contributed by atoms with Crippen LogP contribution >= 0.6 is 28.7 Å². The molecule has 0 saturated heterocycles. The SMILES string of the molecule is Br.CCOC(=O)C1=C(C)N=C2SC(C(=O)Nc3ccc(C(=O)OC)cc3)=CC(=O)N2C1c1cccc(OC)c1OC. The Balaban J connectivity index is 0.00000462. The van der Waals surface area contributed by atoms with Gasteiger partial charge in [-0.3, -0.25) is 14.5 Å². The number of hydrogen-bond donors (Lipinski definition) is 1. The normalized spacial score (nSPS) is 16.0. The lowest BCUT2D eigenvalue weighted by molar-refractivity contribution is -0.139. The zero-order valence-corrected chi connectivity index (χ0v) is 25.4. The van der Waals surface area contributed by atoms with E-state index in [1.807, 2.05) is 0 Å². The number of nitrogens with one attached hydrogen (secondary N) is 1. The Kier molecular flexibility index (Phi) is 10.4. The van der Waals surface area contributed by atoms with Crippen molar-refractivity contribution >= 4 is 63.4 Å². The van der Waals surface area contributed by atoms with E-state index in [9.17, 15) is 19.2 Å². The lowest BCUT2D eigenvalue weighted by Gasteiger charge is -2.38. The van der Waals surface area contributed by atoms with Crippen molar-refractivity contribution in [1.82, 2.24) is 4.90 Å². The molecule has 2 aromatic carbocycles. The van der Waals surface area contributed by atoms with Crippen LogP contribution in [0.15, 0.2) is 69.7 Å². The fourth-order valence-corrected chi connectivity index (χ4v) is 5.28. The number of benzene rings is 2. The van der Waals surface area contributed by atoms with Crippen LogP contribution in [0.25, 0.3) is 0 Å². The van der Waals surface area contributed by atoms with Gasteiger partial charge in [0.15, 0.2) is 16.7 Å². The monoisotopic (exact) mass is 645 g/mol. The topological polar surface area (TPSA) is 133 Å². The molecule has 0 saturated carbocycles. The Morgan fingerprint density at radius 1 is 1.02 bits per heavy atom. The van der Waals surface area contributed by atoms with Crippen LogP contribution in [0.2, 0.25) is 0 Å². The van der Waals surface area contributed by atoms with Crippen LogP contribution < -0.4 is 14.8 Å². The Morgan fingerprint density at radius 3 is 2.34 bits per heavy atom. The average molecular weight is 647 g/mol. The molecule has 2 heterocycles. The highest BCUT2D eigenvalue weighted by Crippen LogP contribution is 2.46. The molecule has 4 rings (SSSR count). The van der Waals surface area contributed by atoms with Crippen molar-refractivity contribution in [3.8, 4) is 11.5 Å². The molecule has 41 heavy (non-hydrogen) atoms.